The van der Waals surface area contributed by atoms with E-state index >= 15 is 0 Å². The minimum Gasteiger partial charge on any atom is -0.454 e. The first-order valence-electron chi connectivity index (χ1n) is 9.59. The van der Waals surface area contributed by atoms with E-state index in [4.69, 9.17) is 9.47 Å². The van der Waals surface area contributed by atoms with Crippen molar-refractivity contribution < 1.29 is 17.9 Å². The van der Waals surface area contributed by atoms with Gasteiger partial charge in [0.05, 0.1) is 23.6 Å². The molecule has 5 rings (SSSR count). The van der Waals surface area contributed by atoms with Crippen LogP contribution in [0.3, 0.4) is 0 Å². The van der Waals surface area contributed by atoms with Gasteiger partial charge in [0.1, 0.15) is 4.90 Å². The van der Waals surface area contributed by atoms with E-state index < -0.39 is 10.0 Å². The Morgan fingerprint density at radius 3 is 2.67 bits per heavy atom. The Kier molecular flexibility index (Phi) is 4.55. The summed E-state index contributed by atoms with van der Waals surface area (Å²) in [6, 6.07) is 11.4. The van der Waals surface area contributed by atoms with Crippen molar-refractivity contribution in [2.24, 2.45) is 0 Å². The molecule has 0 saturated heterocycles. The van der Waals surface area contributed by atoms with Gasteiger partial charge in [0.2, 0.25) is 6.79 Å². The van der Waals surface area contributed by atoms with Gasteiger partial charge in [-0.2, -0.15) is 5.10 Å². The van der Waals surface area contributed by atoms with Gasteiger partial charge in [-0.05, 0) is 49.6 Å². The Hall–Kier alpha value is -2.52. The Morgan fingerprint density at radius 1 is 1.13 bits per heavy atom. The molecule has 0 saturated carbocycles. The summed E-state index contributed by atoms with van der Waals surface area (Å²) in [5.74, 6) is 1.37. The fourth-order valence-electron chi connectivity index (χ4n) is 4.12. The first kappa shape index (κ1) is 19.4. The number of sulfonamides is 1. The Balaban J connectivity index is 1.52. The van der Waals surface area contributed by atoms with Crippen molar-refractivity contribution in [3.05, 3.63) is 63.4 Å². The number of aromatic nitrogens is 2. The Morgan fingerprint density at radius 2 is 1.87 bits per heavy atom. The van der Waals surface area contributed by atoms with E-state index in [2.05, 4.69) is 21.0 Å². The summed E-state index contributed by atoms with van der Waals surface area (Å²) in [4.78, 5) is 0.274. The molecule has 3 aromatic rings. The maximum atomic E-state index is 13.6. The van der Waals surface area contributed by atoms with Gasteiger partial charge in [-0.25, -0.2) is 8.42 Å². The van der Waals surface area contributed by atoms with Crippen LogP contribution in [0, 0.1) is 13.8 Å². The predicted molar refractivity (Wildman–Crippen MR) is 116 cm³/mol. The fraction of sp³-hybridized carbons (Fsp3) is 0.286. The molecule has 7 nitrogen and oxygen atoms in total. The molecule has 0 radical (unpaired) electrons. The molecule has 3 heterocycles. The lowest BCUT2D eigenvalue weighted by Crippen LogP contribution is -2.30. The molecule has 0 N–H and O–H groups in total. The van der Waals surface area contributed by atoms with Crippen molar-refractivity contribution in [2.45, 2.75) is 31.7 Å². The molecular formula is C21H20BrN3O4S. The Labute approximate surface area is 183 Å². The van der Waals surface area contributed by atoms with E-state index in [9.17, 15) is 8.42 Å². The smallest absolute Gasteiger partial charge is 0.268 e. The van der Waals surface area contributed by atoms with Crippen molar-refractivity contribution >= 4 is 31.6 Å². The largest absolute Gasteiger partial charge is 0.454 e. The van der Waals surface area contributed by atoms with E-state index in [-0.39, 0.29) is 11.7 Å². The molecule has 30 heavy (non-hydrogen) atoms. The molecule has 1 aromatic heterocycles. The van der Waals surface area contributed by atoms with Crippen molar-refractivity contribution in [2.75, 3.05) is 17.6 Å². The first-order chi connectivity index (χ1) is 14.4. The van der Waals surface area contributed by atoms with Crippen LogP contribution < -0.4 is 13.8 Å². The topological polar surface area (TPSA) is 73.7 Å². The minimum absolute atomic E-state index is 0.199. The zero-order chi connectivity index (χ0) is 21.0. The summed E-state index contributed by atoms with van der Waals surface area (Å²) in [6.07, 6.45) is 0.714. The van der Waals surface area contributed by atoms with Crippen LogP contribution in [0.15, 0.2) is 45.8 Å². The van der Waals surface area contributed by atoms with Crippen molar-refractivity contribution in [3.63, 3.8) is 0 Å². The van der Waals surface area contributed by atoms with E-state index in [1.165, 1.54) is 4.31 Å². The van der Waals surface area contributed by atoms with Gasteiger partial charge in [0, 0.05) is 11.0 Å². The molecule has 0 amide bonds. The van der Waals surface area contributed by atoms with Crippen molar-refractivity contribution in [3.8, 4) is 11.5 Å². The summed E-state index contributed by atoms with van der Waals surface area (Å²) in [7, 11) is -3.71. The number of nitrogens with zero attached hydrogens (tertiary/aromatic N) is 3. The number of ether oxygens (including phenoxy) is 2. The highest BCUT2D eigenvalue weighted by atomic mass is 79.9. The van der Waals surface area contributed by atoms with Crippen LogP contribution in [0.4, 0.5) is 5.69 Å². The predicted octanol–water partition coefficient (Wildman–Crippen LogP) is 3.79. The third-order valence-corrected chi connectivity index (χ3v) is 8.37. The quantitative estimate of drug-likeness (QED) is 0.557. The number of aryl methyl sites for hydroxylation is 1. The van der Waals surface area contributed by atoms with Crippen LogP contribution in [0.1, 0.15) is 22.5 Å². The van der Waals surface area contributed by atoms with Gasteiger partial charge in [-0.3, -0.25) is 8.99 Å². The number of anilines is 1. The van der Waals surface area contributed by atoms with Gasteiger partial charge in [0.15, 0.2) is 11.5 Å². The second-order valence-corrected chi connectivity index (χ2v) is 10.1. The second-order valence-electron chi connectivity index (χ2n) is 7.41. The van der Waals surface area contributed by atoms with Gasteiger partial charge >= 0.3 is 0 Å². The zero-order valence-corrected chi connectivity index (χ0v) is 19.0. The number of halogens is 1. The summed E-state index contributed by atoms with van der Waals surface area (Å²) in [5.41, 5.74) is 3.84. The van der Waals surface area contributed by atoms with E-state index in [0.29, 0.717) is 42.4 Å². The van der Waals surface area contributed by atoms with E-state index in [1.807, 2.05) is 36.4 Å². The summed E-state index contributed by atoms with van der Waals surface area (Å²) in [5, 5.41) is 4.55. The Bertz CT molecular complexity index is 1270. The molecule has 2 aliphatic rings. The highest BCUT2D eigenvalue weighted by Gasteiger charge is 2.35. The number of para-hydroxylation sites is 1. The summed E-state index contributed by atoms with van der Waals surface area (Å²) in [6.45, 7) is 4.60. The average molecular weight is 490 g/mol. The number of rotatable bonds is 4. The third-order valence-electron chi connectivity index (χ3n) is 5.57. The third kappa shape index (κ3) is 2.99. The first-order valence-corrected chi connectivity index (χ1v) is 11.8. The summed E-state index contributed by atoms with van der Waals surface area (Å²) >= 11 is 3.57. The van der Waals surface area contributed by atoms with Crippen LogP contribution in [0.2, 0.25) is 0 Å². The maximum Gasteiger partial charge on any atom is 0.268 e. The SMILES string of the molecule is Cc1nn(Cc2cc3c(cc2Br)OCO3)c(C)c1S(=O)(=O)N1CCc2ccccc21. The summed E-state index contributed by atoms with van der Waals surface area (Å²) < 4.78 is 42.1. The van der Waals surface area contributed by atoms with Crippen molar-refractivity contribution in [1.82, 2.24) is 9.78 Å². The molecule has 0 bridgehead atoms. The number of hydrogen-bond donors (Lipinski definition) is 0. The van der Waals surface area contributed by atoms with Crippen LogP contribution in [0.25, 0.3) is 0 Å². The van der Waals surface area contributed by atoms with Crippen LogP contribution >= 0.6 is 15.9 Å². The van der Waals surface area contributed by atoms with Crippen LogP contribution in [-0.4, -0.2) is 31.5 Å². The highest BCUT2D eigenvalue weighted by molar-refractivity contribution is 9.10. The number of fused-ring (bicyclic) bond motifs is 2. The van der Waals surface area contributed by atoms with Crippen LogP contribution in [0.5, 0.6) is 11.5 Å². The lowest BCUT2D eigenvalue weighted by atomic mass is 10.2. The monoisotopic (exact) mass is 489 g/mol. The molecule has 0 fully saturated rings. The van der Waals surface area contributed by atoms with Crippen molar-refractivity contribution in [1.29, 1.82) is 0 Å². The zero-order valence-electron chi connectivity index (χ0n) is 16.6. The van der Waals surface area contributed by atoms with Gasteiger partial charge in [-0.15, -0.1) is 0 Å². The molecule has 0 aliphatic carbocycles. The number of benzene rings is 2. The van der Waals surface area contributed by atoms with E-state index in [0.717, 1.165) is 21.3 Å². The lowest BCUT2D eigenvalue weighted by molar-refractivity contribution is 0.174. The molecule has 0 unspecified atom stereocenters. The standard InChI is InChI=1S/C21H20BrN3O4S/c1-13-21(30(26,27)25-8-7-15-5-3-4-6-18(15)25)14(2)24(23-13)11-16-9-19-20(10-17(16)22)29-12-28-19/h3-6,9-10H,7-8,11-12H2,1-2H3. The molecule has 0 spiro atoms. The van der Waals surface area contributed by atoms with Gasteiger partial charge in [0.25, 0.3) is 10.0 Å². The maximum absolute atomic E-state index is 13.6. The normalized spacial score (nSPS) is 15.0. The molecular weight excluding hydrogens is 470 g/mol. The molecule has 9 heteroatoms. The minimum atomic E-state index is -3.71. The average Bonchev–Trinajstić information content (AvgIpc) is 3.40. The second kappa shape index (κ2) is 7.02. The van der Waals surface area contributed by atoms with E-state index in [1.54, 1.807) is 18.5 Å². The fourth-order valence-corrected chi connectivity index (χ4v) is 6.45. The highest BCUT2D eigenvalue weighted by Crippen LogP contribution is 2.38. The van der Waals surface area contributed by atoms with Gasteiger partial charge in [-0.1, -0.05) is 34.1 Å². The molecule has 0 atom stereocenters. The van der Waals surface area contributed by atoms with Crippen LogP contribution in [-0.2, 0) is 23.0 Å². The van der Waals surface area contributed by atoms with Gasteiger partial charge < -0.3 is 9.47 Å². The molecule has 2 aromatic carbocycles. The molecule has 2 aliphatic heterocycles. The number of hydrogen-bond acceptors (Lipinski definition) is 5. The molecule has 156 valence electrons. The lowest BCUT2D eigenvalue weighted by Gasteiger charge is -2.19.